The van der Waals surface area contributed by atoms with Crippen LogP contribution in [-0.4, -0.2) is 61.2 Å². The van der Waals surface area contributed by atoms with Crippen LogP contribution in [0, 0.1) is 5.82 Å². The van der Waals surface area contributed by atoms with E-state index in [-0.39, 0.29) is 5.75 Å². The number of hydrogen-bond acceptors (Lipinski definition) is 4. The van der Waals surface area contributed by atoms with Crippen molar-refractivity contribution in [2.75, 3.05) is 46.3 Å². The van der Waals surface area contributed by atoms with E-state index < -0.39 is 5.82 Å². The highest BCUT2D eigenvalue weighted by Gasteiger charge is 2.12. The highest BCUT2D eigenvalue weighted by atomic mass is 19.1. The second kappa shape index (κ2) is 6.84. The first kappa shape index (κ1) is 14.2. The number of rotatable bonds is 5. The molecule has 0 unspecified atom stereocenters. The molecule has 2 rings (SSSR count). The minimum Gasteiger partial charge on any atom is -0.508 e. The molecular weight excluding hydrogens is 245 g/mol. The van der Waals surface area contributed by atoms with Crippen molar-refractivity contribution in [2.45, 2.75) is 6.54 Å². The Balaban J connectivity index is 1.66. The lowest BCUT2D eigenvalue weighted by atomic mass is 10.2. The van der Waals surface area contributed by atoms with Gasteiger partial charge in [0.2, 0.25) is 0 Å². The molecule has 0 saturated carbocycles. The summed E-state index contributed by atoms with van der Waals surface area (Å²) in [6, 6.07) is 4.16. The van der Waals surface area contributed by atoms with Crippen LogP contribution >= 0.6 is 0 Å². The Morgan fingerprint density at radius 3 is 2.63 bits per heavy atom. The van der Waals surface area contributed by atoms with Crippen molar-refractivity contribution >= 4 is 0 Å². The van der Waals surface area contributed by atoms with Gasteiger partial charge in [-0.2, -0.15) is 0 Å². The highest BCUT2D eigenvalue weighted by molar-refractivity contribution is 5.28. The molecule has 1 aliphatic rings. The predicted octanol–water partition coefficient (Wildman–Crippen LogP) is 0.868. The lowest BCUT2D eigenvalue weighted by Gasteiger charge is -2.32. The van der Waals surface area contributed by atoms with Crippen molar-refractivity contribution in [3.8, 4) is 5.75 Å². The summed E-state index contributed by atoms with van der Waals surface area (Å²) in [6.07, 6.45) is 0. The molecule has 1 fully saturated rings. The van der Waals surface area contributed by atoms with Crippen molar-refractivity contribution in [2.24, 2.45) is 0 Å². The Hall–Kier alpha value is -1.17. The molecule has 0 amide bonds. The van der Waals surface area contributed by atoms with E-state index >= 15 is 0 Å². The number of phenols is 1. The Bertz CT molecular complexity index is 385. The van der Waals surface area contributed by atoms with E-state index in [1.165, 1.54) is 6.07 Å². The highest BCUT2D eigenvalue weighted by Crippen LogP contribution is 2.14. The summed E-state index contributed by atoms with van der Waals surface area (Å²) in [5.74, 6) is -0.410. The van der Waals surface area contributed by atoms with E-state index in [1.807, 2.05) is 0 Å². The van der Waals surface area contributed by atoms with Crippen molar-refractivity contribution in [3.05, 3.63) is 29.6 Å². The number of nitrogens with one attached hydrogen (secondary N) is 1. The molecule has 1 heterocycles. The van der Waals surface area contributed by atoms with Crippen LogP contribution in [0.5, 0.6) is 5.75 Å². The van der Waals surface area contributed by atoms with E-state index in [2.05, 4.69) is 22.2 Å². The van der Waals surface area contributed by atoms with E-state index in [0.29, 0.717) is 6.54 Å². The largest absolute Gasteiger partial charge is 0.508 e. The molecule has 0 aliphatic carbocycles. The van der Waals surface area contributed by atoms with Gasteiger partial charge in [-0.15, -0.1) is 0 Å². The lowest BCUT2D eigenvalue weighted by molar-refractivity contribution is 0.154. The first-order chi connectivity index (χ1) is 9.13. The van der Waals surface area contributed by atoms with Gasteiger partial charge >= 0.3 is 0 Å². The number of hydrogen-bond donors (Lipinski definition) is 2. The van der Waals surface area contributed by atoms with Crippen molar-refractivity contribution in [3.63, 3.8) is 0 Å². The zero-order valence-corrected chi connectivity index (χ0v) is 11.4. The zero-order chi connectivity index (χ0) is 13.7. The molecule has 1 saturated heterocycles. The molecule has 0 spiro atoms. The van der Waals surface area contributed by atoms with Crippen LogP contribution in [0.3, 0.4) is 0 Å². The van der Waals surface area contributed by atoms with Crippen LogP contribution < -0.4 is 5.32 Å². The Labute approximate surface area is 113 Å². The SMILES string of the molecule is CN1CCN(CCNCc2cc(O)cc(F)c2)CC1. The minimum absolute atomic E-state index is 0.0177. The molecule has 4 nitrogen and oxygen atoms in total. The van der Waals surface area contributed by atoms with Crippen molar-refractivity contribution in [1.29, 1.82) is 0 Å². The fraction of sp³-hybridized carbons (Fsp3) is 0.571. The summed E-state index contributed by atoms with van der Waals surface area (Å²) in [7, 11) is 2.14. The summed E-state index contributed by atoms with van der Waals surface area (Å²) < 4.78 is 13.1. The molecule has 0 bridgehead atoms. The third kappa shape index (κ3) is 4.78. The molecule has 0 atom stereocenters. The predicted molar refractivity (Wildman–Crippen MR) is 73.7 cm³/mol. The fourth-order valence-corrected chi connectivity index (χ4v) is 2.28. The number of halogens is 1. The minimum atomic E-state index is -0.393. The van der Waals surface area contributed by atoms with Gasteiger partial charge in [0.05, 0.1) is 0 Å². The van der Waals surface area contributed by atoms with Crippen LogP contribution in [-0.2, 0) is 6.54 Å². The summed E-state index contributed by atoms with van der Waals surface area (Å²) in [6.45, 7) is 6.93. The molecule has 2 N–H and O–H groups in total. The van der Waals surface area contributed by atoms with Gasteiger partial charge in [0.15, 0.2) is 0 Å². The number of aromatic hydroxyl groups is 1. The topological polar surface area (TPSA) is 38.7 Å². The normalized spacial score (nSPS) is 17.8. The first-order valence-electron chi connectivity index (χ1n) is 6.73. The van der Waals surface area contributed by atoms with Gasteiger partial charge < -0.3 is 15.3 Å². The van der Waals surface area contributed by atoms with Gasteiger partial charge in [0.25, 0.3) is 0 Å². The first-order valence-corrected chi connectivity index (χ1v) is 6.73. The number of benzene rings is 1. The average molecular weight is 267 g/mol. The van der Waals surface area contributed by atoms with Gasteiger partial charge in [-0.05, 0) is 24.7 Å². The van der Waals surface area contributed by atoms with Crippen LogP contribution in [0.2, 0.25) is 0 Å². The third-order valence-corrected chi connectivity index (χ3v) is 3.47. The average Bonchev–Trinajstić information content (AvgIpc) is 2.36. The van der Waals surface area contributed by atoms with Gasteiger partial charge in [-0.25, -0.2) is 4.39 Å². The van der Waals surface area contributed by atoms with Gasteiger partial charge in [0, 0.05) is 51.9 Å². The van der Waals surface area contributed by atoms with Gasteiger partial charge in [0.1, 0.15) is 11.6 Å². The lowest BCUT2D eigenvalue weighted by Crippen LogP contribution is -2.46. The maximum absolute atomic E-state index is 13.1. The third-order valence-electron chi connectivity index (χ3n) is 3.47. The summed E-state index contributed by atoms with van der Waals surface area (Å²) in [4.78, 5) is 4.76. The van der Waals surface area contributed by atoms with E-state index in [0.717, 1.165) is 50.9 Å². The molecule has 19 heavy (non-hydrogen) atoms. The Morgan fingerprint density at radius 1 is 1.21 bits per heavy atom. The second-order valence-electron chi connectivity index (χ2n) is 5.14. The van der Waals surface area contributed by atoms with E-state index in [4.69, 9.17) is 0 Å². The summed E-state index contributed by atoms with van der Waals surface area (Å²) in [5.41, 5.74) is 0.774. The van der Waals surface area contributed by atoms with Crippen LogP contribution in [0.25, 0.3) is 0 Å². The van der Waals surface area contributed by atoms with Gasteiger partial charge in [-0.3, -0.25) is 4.90 Å². The molecule has 1 aromatic carbocycles. The Morgan fingerprint density at radius 2 is 1.95 bits per heavy atom. The maximum Gasteiger partial charge on any atom is 0.127 e. The molecule has 1 aromatic rings. The smallest absolute Gasteiger partial charge is 0.127 e. The second-order valence-corrected chi connectivity index (χ2v) is 5.14. The van der Waals surface area contributed by atoms with E-state index in [1.54, 1.807) is 6.07 Å². The number of phenolic OH excluding ortho intramolecular Hbond substituents is 1. The number of piperazine rings is 1. The molecule has 106 valence electrons. The van der Waals surface area contributed by atoms with Crippen LogP contribution in [0.4, 0.5) is 4.39 Å². The number of nitrogens with zero attached hydrogens (tertiary/aromatic N) is 2. The molecule has 5 heteroatoms. The van der Waals surface area contributed by atoms with Crippen molar-refractivity contribution in [1.82, 2.24) is 15.1 Å². The fourth-order valence-electron chi connectivity index (χ4n) is 2.28. The maximum atomic E-state index is 13.1. The van der Waals surface area contributed by atoms with Crippen LogP contribution in [0.15, 0.2) is 18.2 Å². The quantitative estimate of drug-likeness (QED) is 0.777. The zero-order valence-electron chi connectivity index (χ0n) is 11.4. The molecular formula is C14H22FN3O. The monoisotopic (exact) mass is 267 g/mol. The Kier molecular flexibility index (Phi) is 5.13. The van der Waals surface area contributed by atoms with Crippen molar-refractivity contribution < 1.29 is 9.50 Å². The summed E-state index contributed by atoms with van der Waals surface area (Å²) in [5, 5.41) is 12.6. The summed E-state index contributed by atoms with van der Waals surface area (Å²) >= 11 is 0. The van der Waals surface area contributed by atoms with Crippen LogP contribution in [0.1, 0.15) is 5.56 Å². The molecule has 1 aliphatic heterocycles. The van der Waals surface area contributed by atoms with E-state index in [9.17, 15) is 9.50 Å². The standard InChI is InChI=1S/C14H22FN3O/c1-17-4-6-18(7-5-17)3-2-16-11-12-8-13(15)10-14(19)9-12/h8-10,16,19H,2-7,11H2,1H3. The molecule has 0 radical (unpaired) electrons. The number of likely N-dealkylation sites (N-methyl/N-ethyl adjacent to an activating group) is 1. The molecule has 0 aromatic heterocycles. The van der Waals surface area contributed by atoms with Gasteiger partial charge in [-0.1, -0.05) is 0 Å².